The molecule has 0 radical (unpaired) electrons. The van der Waals surface area contributed by atoms with E-state index in [9.17, 15) is 13.2 Å². The number of nitrogens with one attached hydrogen (secondary N) is 1. The van der Waals surface area contributed by atoms with Crippen LogP contribution in [0, 0.1) is 12.8 Å². The zero-order valence-electron chi connectivity index (χ0n) is 11.2. The quantitative estimate of drug-likeness (QED) is 0.855. The number of fused-ring (bicyclic) bond motifs is 2. The third kappa shape index (κ3) is 2.45. The van der Waals surface area contributed by atoms with Crippen molar-refractivity contribution in [2.24, 2.45) is 5.92 Å². The summed E-state index contributed by atoms with van der Waals surface area (Å²) < 4.78 is 30.0. The van der Waals surface area contributed by atoms with Gasteiger partial charge >= 0.3 is 0 Å². The average Bonchev–Trinajstić information content (AvgIpc) is 2.62. The summed E-state index contributed by atoms with van der Waals surface area (Å²) in [5.41, 5.74) is 0.994. The van der Waals surface area contributed by atoms with Crippen LogP contribution in [0.3, 0.4) is 0 Å². The maximum atomic E-state index is 12.3. The summed E-state index contributed by atoms with van der Waals surface area (Å²) in [5, 5.41) is 2.81. The monoisotopic (exact) mass is 295 g/mol. The van der Waals surface area contributed by atoms with E-state index in [-0.39, 0.29) is 22.8 Å². The second-order valence-electron chi connectivity index (χ2n) is 5.54. The molecule has 1 aromatic carbocycles. The zero-order chi connectivity index (χ0) is 14.3. The first-order valence-electron chi connectivity index (χ1n) is 6.75. The molecule has 0 aromatic heterocycles. The lowest BCUT2D eigenvalue weighted by Gasteiger charge is -2.29. The number of hydrogen-bond acceptors (Lipinski definition) is 4. The molecule has 2 aliphatic rings. The van der Waals surface area contributed by atoms with E-state index in [4.69, 9.17) is 4.18 Å². The minimum absolute atomic E-state index is 0.00831. The van der Waals surface area contributed by atoms with Crippen LogP contribution in [0.5, 0.6) is 0 Å². The predicted octanol–water partition coefficient (Wildman–Crippen LogP) is 1.37. The molecule has 1 saturated heterocycles. The largest absolute Gasteiger partial charge is 0.351 e. The number of carbonyl (C=O) groups excluding carboxylic acids is 1. The van der Waals surface area contributed by atoms with E-state index in [1.165, 1.54) is 0 Å². The van der Waals surface area contributed by atoms with E-state index in [1.807, 2.05) is 6.92 Å². The van der Waals surface area contributed by atoms with Gasteiger partial charge in [0.25, 0.3) is 10.1 Å². The summed E-state index contributed by atoms with van der Waals surface area (Å²) in [6.07, 6.45) is 1.53. The molecule has 5 nitrogen and oxygen atoms in total. The van der Waals surface area contributed by atoms with Crippen LogP contribution >= 0.6 is 0 Å². The lowest BCUT2D eigenvalue weighted by atomic mass is 9.97. The Hall–Kier alpha value is -1.40. The molecule has 1 N–H and O–H groups in total. The highest BCUT2D eigenvalue weighted by atomic mass is 32.2. The van der Waals surface area contributed by atoms with E-state index in [2.05, 4.69) is 5.32 Å². The van der Waals surface area contributed by atoms with Crippen LogP contribution in [0.1, 0.15) is 24.8 Å². The molecule has 2 fully saturated rings. The first-order valence-corrected chi connectivity index (χ1v) is 8.16. The number of amides is 1. The molecule has 1 aliphatic carbocycles. The summed E-state index contributed by atoms with van der Waals surface area (Å²) in [7, 11) is -3.77. The first kappa shape index (κ1) is 13.6. The predicted molar refractivity (Wildman–Crippen MR) is 72.5 cm³/mol. The molecule has 20 heavy (non-hydrogen) atoms. The van der Waals surface area contributed by atoms with Crippen LogP contribution in [0.15, 0.2) is 29.2 Å². The molecule has 3 rings (SSSR count). The van der Waals surface area contributed by atoms with Gasteiger partial charge < -0.3 is 5.32 Å². The fourth-order valence-electron chi connectivity index (χ4n) is 2.98. The number of carbonyl (C=O) groups is 1. The Morgan fingerprint density at radius 3 is 2.55 bits per heavy atom. The van der Waals surface area contributed by atoms with Gasteiger partial charge in [-0.1, -0.05) is 17.7 Å². The van der Waals surface area contributed by atoms with Gasteiger partial charge in [0.1, 0.15) is 6.10 Å². The SMILES string of the molecule is Cc1ccc(S(=O)(=O)O[C@H]2[C@@H]3CC[C@H]2NC(=O)C3)cc1. The Balaban J connectivity index is 1.80. The summed E-state index contributed by atoms with van der Waals surface area (Å²) >= 11 is 0. The smallest absolute Gasteiger partial charge is 0.297 e. The number of hydrogen-bond donors (Lipinski definition) is 1. The normalized spacial score (nSPS) is 29.2. The third-order valence-corrected chi connectivity index (χ3v) is 5.38. The van der Waals surface area contributed by atoms with Crippen molar-refractivity contribution >= 4 is 16.0 Å². The first-order chi connectivity index (χ1) is 9.45. The van der Waals surface area contributed by atoms with Crippen molar-refractivity contribution in [3.8, 4) is 0 Å². The topological polar surface area (TPSA) is 72.5 Å². The van der Waals surface area contributed by atoms with Gasteiger partial charge in [-0.3, -0.25) is 8.98 Å². The standard InChI is InChI=1S/C14H17NO4S/c1-9-2-5-11(6-3-9)20(17,18)19-14-10-4-7-12(14)15-13(16)8-10/h2-3,5-6,10,12,14H,4,7-8H2,1H3,(H,15,16)/t10-,12-,14+/m1/s1. The molecule has 2 bridgehead atoms. The fraction of sp³-hybridized carbons (Fsp3) is 0.500. The lowest BCUT2D eigenvalue weighted by molar-refractivity contribution is -0.126. The van der Waals surface area contributed by atoms with Crippen LogP contribution in [0.4, 0.5) is 0 Å². The van der Waals surface area contributed by atoms with E-state index < -0.39 is 16.2 Å². The summed E-state index contributed by atoms with van der Waals surface area (Å²) in [4.78, 5) is 11.6. The van der Waals surface area contributed by atoms with Crippen LogP contribution < -0.4 is 5.32 Å². The number of aryl methyl sites for hydroxylation is 1. The minimum Gasteiger partial charge on any atom is -0.351 e. The van der Waals surface area contributed by atoms with Crippen molar-refractivity contribution in [3.05, 3.63) is 29.8 Å². The summed E-state index contributed by atoms with van der Waals surface area (Å²) in [6.45, 7) is 1.90. The van der Waals surface area contributed by atoms with Crippen molar-refractivity contribution in [2.75, 3.05) is 0 Å². The van der Waals surface area contributed by atoms with Crippen LogP contribution in [-0.2, 0) is 19.1 Å². The molecule has 6 heteroatoms. The number of benzene rings is 1. The van der Waals surface area contributed by atoms with Crippen LogP contribution in [-0.4, -0.2) is 26.5 Å². The molecule has 3 atom stereocenters. The maximum Gasteiger partial charge on any atom is 0.297 e. The number of piperidine rings is 1. The summed E-state index contributed by atoms with van der Waals surface area (Å²) in [5.74, 6) is -0.000873. The molecule has 0 spiro atoms. The Bertz CT molecular complexity index is 607. The number of rotatable bonds is 3. The van der Waals surface area contributed by atoms with Crippen LogP contribution in [0.2, 0.25) is 0 Å². The van der Waals surface area contributed by atoms with Crippen molar-refractivity contribution in [1.82, 2.24) is 5.32 Å². The zero-order valence-corrected chi connectivity index (χ0v) is 12.0. The maximum absolute atomic E-state index is 12.3. The molecular formula is C14H17NO4S. The van der Waals surface area contributed by atoms with Gasteiger partial charge in [0.05, 0.1) is 10.9 Å². The van der Waals surface area contributed by atoms with Gasteiger partial charge in [-0.05, 0) is 37.8 Å². The van der Waals surface area contributed by atoms with Gasteiger partial charge in [0.15, 0.2) is 0 Å². The molecule has 1 heterocycles. The molecule has 1 saturated carbocycles. The van der Waals surface area contributed by atoms with Gasteiger partial charge in [0.2, 0.25) is 5.91 Å². The molecule has 1 aliphatic heterocycles. The summed E-state index contributed by atoms with van der Waals surface area (Å²) in [6, 6.07) is 6.41. The van der Waals surface area contributed by atoms with Crippen molar-refractivity contribution in [3.63, 3.8) is 0 Å². The van der Waals surface area contributed by atoms with Gasteiger partial charge in [-0.2, -0.15) is 8.42 Å². The Kier molecular flexibility index (Phi) is 3.30. The highest BCUT2D eigenvalue weighted by Crippen LogP contribution is 2.36. The lowest BCUT2D eigenvalue weighted by Crippen LogP contribution is -2.49. The van der Waals surface area contributed by atoms with E-state index in [0.717, 1.165) is 18.4 Å². The third-order valence-electron chi connectivity index (χ3n) is 4.05. The van der Waals surface area contributed by atoms with E-state index >= 15 is 0 Å². The van der Waals surface area contributed by atoms with Gasteiger partial charge in [-0.15, -0.1) is 0 Å². The second kappa shape index (κ2) is 4.86. The molecule has 0 unspecified atom stereocenters. The fourth-order valence-corrected chi connectivity index (χ4v) is 4.14. The molecular weight excluding hydrogens is 278 g/mol. The van der Waals surface area contributed by atoms with Gasteiger partial charge in [0, 0.05) is 6.42 Å². The average molecular weight is 295 g/mol. The van der Waals surface area contributed by atoms with Crippen molar-refractivity contribution in [1.29, 1.82) is 0 Å². The Morgan fingerprint density at radius 1 is 1.20 bits per heavy atom. The van der Waals surface area contributed by atoms with Gasteiger partial charge in [-0.25, -0.2) is 0 Å². The molecule has 108 valence electrons. The Labute approximate surface area is 118 Å². The molecule has 1 aromatic rings. The van der Waals surface area contributed by atoms with Crippen molar-refractivity contribution in [2.45, 2.75) is 43.2 Å². The minimum atomic E-state index is -3.77. The van der Waals surface area contributed by atoms with Crippen molar-refractivity contribution < 1.29 is 17.4 Å². The van der Waals surface area contributed by atoms with E-state index in [1.54, 1.807) is 24.3 Å². The molecule has 1 amide bonds. The highest BCUT2D eigenvalue weighted by Gasteiger charge is 2.45. The van der Waals surface area contributed by atoms with E-state index in [0.29, 0.717) is 6.42 Å². The second-order valence-corrected chi connectivity index (χ2v) is 7.12. The Morgan fingerprint density at radius 2 is 1.90 bits per heavy atom. The highest BCUT2D eigenvalue weighted by molar-refractivity contribution is 7.86. The van der Waals surface area contributed by atoms with Crippen LogP contribution in [0.25, 0.3) is 0 Å².